The van der Waals surface area contributed by atoms with E-state index in [1.807, 2.05) is 13.0 Å². The lowest BCUT2D eigenvalue weighted by molar-refractivity contribution is -0.138. The molecule has 1 heterocycles. The van der Waals surface area contributed by atoms with Crippen LogP contribution in [-0.4, -0.2) is 42.0 Å². The third kappa shape index (κ3) is 5.97. The summed E-state index contributed by atoms with van der Waals surface area (Å²) in [6.45, 7) is 1.99. The molecule has 2 N–H and O–H groups in total. The topological polar surface area (TPSA) is 79.4 Å². The van der Waals surface area contributed by atoms with Gasteiger partial charge in [0.15, 0.2) is 0 Å². The van der Waals surface area contributed by atoms with E-state index in [2.05, 4.69) is 20.6 Å². The first-order valence-corrected chi connectivity index (χ1v) is 11.4. The molecule has 1 amide bonds. The largest absolute Gasteiger partial charge is 0.497 e. The van der Waals surface area contributed by atoms with Gasteiger partial charge in [0.2, 0.25) is 0 Å². The summed E-state index contributed by atoms with van der Waals surface area (Å²) in [5.74, 6) is 0.586. The minimum Gasteiger partial charge on any atom is -0.497 e. The van der Waals surface area contributed by atoms with Crippen LogP contribution < -0.4 is 15.4 Å². The van der Waals surface area contributed by atoms with Gasteiger partial charge in [-0.15, -0.1) is 0 Å². The smallest absolute Gasteiger partial charge is 0.416 e. The number of carbonyl (C=O) groups is 1. The van der Waals surface area contributed by atoms with E-state index in [4.69, 9.17) is 4.74 Å². The Kier molecular flexibility index (Phi) is 7.30. The Bertz CT molecular complexity index is 1450. The first-order chi connectivity index (χ1) is 17.5. The standard InChI is InChI=1S/C27H26F3N5O2/c1-16-5-8-19(12-23(16)34-25-21-10-9-20(37-4)13-24(21)31-15-32-25)33-26(36)17-6-7-18(14-35(2)3)22(11-17)27(28,29)30/h5-13,15H,14H2,1-4H3,(H,33,36)(H,31,32,34). The molecule has 1 aromatic heterocycles. The SMILES string of the molecule is COc1ccc2c(Nc3cc(NC(=O)c4ccc(CN(C)C)c(C(F)(F)F)c4)ccc3C)ncnc2c1. The van der Waals surface area contributed by atoms with Crippen molar-refractivity contribution < 1.29 is 22.7 Å². The Labute approximate surface area is 212 Å². The highest BCUT2D eigenvalue weighted by Crippen LogP contribution is 2.34. The van der Waals surface area contributed by atoms with Crippen molar-refractivity contribution >= 4 is 34.0 Å². The number of aromatic nitrogens is 2. The molecule has 0 unspecified atom stereocenters. The van der Waals surface area contributed by atoms with Crippen molar-refractivity contribution in [1.82, 2.24) is 14.9 Å². The third-order valence-electron chi connectivity index (χ3n) is 5.76. The maximum atomic E-state index is 13.7. The molecule has 0 spiro atoms. The van der Waals surface area contributed by atoms with Crippen molar-refractivity contribution in [2.45, 2.75) is 19.6 Å². The van der Waals surface area contributed by atoms with Gasteiger partial charge in [-0.1, -0.05) is 12.1 Å². The number of aryl methyl sites for hydroxylation is 1. The number of amides is 1. The van der Waals surface area contributed by atoms with Gasteiger partial charge in [-0.25, -0.2) is 9.97 Å². The van der Waals surface area contributed by atoms with Crippen LogP contribution in [-0.2, 0) is 12.7 Å². The Morgan fingerprint density at radius 1 is 1.03 bits per heavy atom. The number of carbonyl (C=O) groups excluding carboxylic acids is 1. The monoisotopic (exact) mass is 509 g/mol. The number of fused-ring (bicyclic) bond motifs is 1. The van der Waals surface area contributed by atoms with Crippen LogP contribution in [0.2, 0.25) is 0 Å². The number of benzene rings is 3. The van der Waals surface area contributed by atoms with E-state index in [0.29, 0.717) is 28.5 Å². The lowest BCUT2D eigenvalue weighted by Crippen LogP contribution is -2.19. The highest BCUT2D eigenvalue weighted by molar-refractivity contribution is 6.04. The van der Waals surface area contributed by atoms with Gasteiger partial charge in [0.25, 0.3) is 5.91 Å². The number of nitrogens with zero attached hydrogens (tertiary/aromatic N) is 3. The van der Waals surface area contributed by atoms with Crippen LogP contribution in [0.15, 0.2) is 60.9 Å². The lowest BCUT2D eigenvalue weighted by Gasteiger charge is -2.17. The van der Waals surface area contributed by atoms with Crippen LogP contribution in [0, 0.1) is 6.92 Å². The first-order valence-electron chi connectivity index (χ1n) is 11.4. The molecule has 0 saturated heterocycles. The number of halogens is 3. The predicted octanol–water partition coefficient (Wildman–Crippen LogP) is 6.02. The maximum Gasteiger partial charge on any atom is 0.416 e. The summed E-state index contributed by atoms with van der Waals surface area (Å²) in [5, 5.41) is 6.73. The molecule has 0 atom stereocenters. The van der Waals surface area contributed by atoms with Gasteiger partial charge >= 0.3 is 6.18 Å². The van der Waals surface area contributed by atoms with E-state index in [1.54, 1.807) is 56.4 Å². The predicted molar refractivity (Wildman–Crippen MR) is 137 cm³/mol. The molecule has 0 bridgehead atoms. The van der Waals surface area contributed by atoms with E-state index in [1.165, 1.54) is 18.5 Å². The molecule has 0 aliphatic rings. The molecule has 10 heteroatoms. The van der Waals surface area contributed by atoms with E-state index in [-0.39, 0.29) is 17.7 Å². The fourth-order valence-corrected chi connectivity index (χ4v) is 3.89. The van der Waals surface area contributed by atoms with Crippen molar-refractivity contribution in [2.24, 2.45) is 0 Å². The zero-order valence-electron chi connectivity index (χ0n) is 20.8. The van der Waals surface area contributed by atoms with Gasteiger partial charge in [-0.2, -0.15) is 13.2 Å². The van der Waals surface area contributed by atoms with Crippen molar-refractivity contribution in [3.05, 3.63) is 83.2 Å². The van der Waals surface area contributed by atoms with E-state index in [0.717, 1.165) is 17.0 Å². The molecule has 3 aromatic carbocycles. The second-order valence-electron chi connectivity index (χ2n) is 8.82. The van der Waals surface area contributed by atoms with Gasteiger partial charge < -0.3 is 20.3 Å². The van der Waals surface area contributed by atoms with Gasteiger partial charge in [0.1, 0.15) is 17.9 Å². The molecule has 0 fully saturated rings. The van der Waals surface area contributed by atoms with Crippen LogP contribution in [0.3, 0.4) is 0 Å². The van der Waals surface area contributed by atoms with Gasteiger partial charge in [0.05, 0.1) is 18.2 Å². The van der Waals surface area contributed by atoms with E-state index < -0.39 is 17.6 Å². The second kappa shape index (κ2) is 10.4. The summed E-state index contributed by atoms with van der Waals surface area (Å²) >= 11 is 0. The Hall–Kier alpha value is -4.18. The van der Waals surface area contributed by atoms with Crippen molar-refractivity contribution in [1.29, 1.82) is 0 Å². The Balaban J connectivity index is 1.59. The quantitative estimate of drug-likeness (QED) is 0.317. The molecule has 0 saturated carbocycles. The average Bonchev–Trinajstić information content (AvgIpc) is 2.85. The molecule has 0 aliphatic heterocycles. The van der Waals surface area contributed by atoms with Crippen LogP contribution in [0.4, 0.5) is 30.4 Å². The number of alkyl halides is 3. The summed E-state index contributed by atoms with van der Waals surface area (Å²) in [7, 11) is 4.95. The fraction of sp³-hybridized carbons (Fsp3) is 0.222. The fourth-order valence-electron chi connectivity index (χ4n) is 3.89. The van der Waals surface area contributed by atoms with Crippen molar-refractivity contribution in [3.8, 4) is 5.75 Å². The van der Waals surface area contributed by atoms with Crippen LogP contribution >= 0.6 is 0 Å². The number of methoxy groups -OCH3 is 1. The van der Waals surface area contributed by atoms with Crippen LogP contribution in [0.5, 0.6) is 5.75 Å². The maximum absolute atomic E-state index is 13.7. The number of hydrogen-bond donors (Lipinski definition) is 2. The molecule has 192 valence electrons. The molecule has 4 aromatic rings. The van der Waals surface area contributed by atoms with Crippen LogP contribution in [0.1, 0.15) is 27.0 Å². The normalized spacial score (nSPS) is 11.6. The number of ether oxygens (including phenoxy) is 1. The van der Waals surface area contributed by atoms with Crippen LogP contribution in [0.25, 0.3) is 10.9 Å². The summed E-state index contributed by atoms with van der Waals surface area (Å²) < 4.78 is 46.2. The molecule has 4 rings (SSSR count). The lowest BCUT2D eigenvalue weighted by atomic mass is 10.0. The zero-order chi connectivity index (χ0) is 26.7. The summed E-state index contributed by atoms with van der Waals surface area (Å²) in [5.41, 5.74) is 1.86. The minimum absolute atomic E-state index is 0.0827. The summed E-state index contributed by atoms with van der Waals surface area (Å²) in [4.78, 5) is 23.1. The molecule has 0 radical (unpaired) electrons. The molecule has 7 nitrogen and oxygen atoms in total. The summed E-state index contributed by atoms with van der Waals surface area (Å²) in [6, 6.07) is 14.3. The number of rotatable bonds is 7. The second-order valence-corrected chi connectivity index (χ2v) is 8.82. The molecule has 0 aliphatic carbocycles. The van der Waals surface area contributed by atoms with Gasteiger partial charge in [-0.3, -0.25) is 4.79 Å². The highest BCUT2D eigenvalue weighted by Gasteiger charge is 2.34. The minimum atomic E-state index is -4.58. The number of nitrogens with one attached hydrogen (secondary N) is 2. The Morgan fingerprint density at radius 3 is 2.51 bits per heavy atom. The number of anilines is 3. The summed E-state index contributed by atoms with van der Waals surface area (Å²) in [6.07, 6.45) is -3.14. The molecular formula is C27H26F3N5O2. The molecule has 37 heavy (non-hydrogen) atoms. The van der Waals surface area contributed by atoms with E-state index >= 15 is 0 Å². The van der Waals surface area contributed by atoms with Crippen molar-refractivity contribution in [3.63, 3.8) is 0 Å². The average molecular weight is 510 g/mol. The van der Waals surface area contributed by atoms with Gasteiger partial charge in [0, 0.05) is 34.9 Å². The van der Waals surface area contributed by atoms with Gasteiger partial charge in [-0.05, 0) is 68.5 Å². The highest BCUT2D eigenvalue weighted by atomic mass is 19.4. The van der Waals surface area contributed by atoms with Crippen molar-refractivity contribution in [2.75, 3.05) is 31.8 Å². The zero-order valence-corrected chi connectivity index (χ0v) is 20.8. The number of hydrogen-bond acceptors (Lipinski definition) is 6. The first kappa shape index (κ1) is 25.9. The Morgan fingerprint density at radius 2 is 1.81 bits per heavy atom. The molecular weight excluding hydrogens is 483 g/mol. The third-order valence-corrected chi connectivity index (χ3v) is 5.76. The van der Waals surface area contributed by atoms with E-state index in [9.17, 15) is 18.0 Å².